The minimum atomic E-state index is 0.361. The highest BCUT2D eigenvalue weighted by Gasteiger charge is 2.10. The summed E-state index contributed by atoms with van der Waals surface area (Å²) in [4.78, 5) is 4.24. The van der Waals surface area contributed by atoms with Gasteiger partial charge in [0.25, 0.3) is 0 Å². The molecular weight excluding hydrogens is 232 g/mol. The first kappa shape index (κ1) is 14.3. The molecule has 17 heavy (non-hydrogen) atoms. The second-order valence-electron chi connectivity index (χ2n) is 3.93. The molecule has 0 aromatic carbocycles. The molecule has 4 heteroatoms. The second-order valence-corrected chi connectivity index (χ2v) is 4.91. The van der Waals surface area contributed by atoms with Gasteiger partial charge in [-0.2, -0.15) is 11.8 Å². The smallest absolute Gasteiger partial charge is 0.137 e. The SMILES string of the molecule is CCCOc1cncc(C(CCSC)NC)c1. The molecule has 3 nitrogen and oxygen atoms in total. The Morgan fingerprint density at radius 1 is 1.47 bits per heavy atom. The third-order valence-corrected chi connectivity index (χ3v) is 3.21. The van der Waals surface area contributed by atoms with Gasteiger partial charge in [0.05, 0.1) is 12.8 Å². The molecule has 0 saturated carbocycles. The molecule has 0 aliphatic heterocycles. The predicted molar refractivity (Wildman–Crippen MR) is 74.8 cm³/mol. The van der Waals surface area contributed by atoms with Crippen molar-refractivity contribution in [3.05, 3.63) is 24.0 Å². The summed E-state index contributed by atoms with van der Waals surface area (Å²) in [6, 6.07) is 2.45. The van der Waals surface area contributed by atoms with Gasteiger partial charge in [0, 0.05) is 12.2 Å². The summed E-state index contributed by atoms with van der Waals surface area (Å²) in [5.74, 6) is 2.01. The summed E-state index contributed by atoms with van der Waals surface area (Å²) in [5, 5.41) is 3.33. The van der Waals surface area contributed by atoms with Crippen LogP contribution < -0.4 is 10.1 Å². The first-order valence-corrected chi connectivity index (χ1v) is 7.45. The molecule has 0 aliphatic carbocycles. The Hall–Kier alpha value is -0.740. The van der Waals surface area contributed by atoms with Gasteiger partial charge < -0.3 is 10.1 Å². The molecule has 0 bridgehead atoms. The van der Waals surface area contributed by atoms with Gasteiger partial charge in [-0.05, 0) is 43.5 Å². The van der Waals surface area contributed by atoms with Crippen molar-refractivity contribution in [1.29, 1.82) is 0 Å². The second kappa shape index (κ2) is 8.37. The number of pyridine rings is 1. The van der Waals surface area contributed by atoms with Crippen LogP contribution in [0.5, 0.6) is 5.75 Å². The highest BCUT2D eigenvalue weighted by molar-refractivity contribution is 7.98. The molecule has 1 atom stereocenters. The van der Waals surface area contributed by atoms with Gasteiger partial charge in [-0.1, -0.05) is 6.92 Å². The summed E-state index contributed by atoms with van der Waals surface area (Å²) in [5.41, 5.74) is 1.20. The van der Waals surface area contributed by atoms with Crippen LogP contribution in [0.15, 0.2) is 18.5 Å². The molecule has 0 aliphatic rings. The molecule has 1 rings (SSSR count). The van der Waals surface area contributed by atoms with E-state index in [4.69, 9.17) is 4.74 Å². The van der Waals surface area contributed by atoms with Crippen LogP contribution in [0.3, 0.4) is 0 Å². The van der Waals surface area contributed by atoms with Gasteiger partial charge in [-0.3, -0.25) is 4.98 Å². The van der Waals surface area contributed by atoms with E-state index in [1.54, 1.807) is 6.20 Å². The lowest BCUT2D eigenvalue weighted by molar-refractivity contribution is 0.315. The van der Waals surface area contributed by atoms with Crippen molar-refractivity contribution < 1.29 is 4.74 Å². The van der Waals surface area contributed by atoms with Gasteiger partial charge in [0.15, 0.2) is 0 Å². The lowest BCUT2D eigenvalue weighted by Gasteiger charge is -2.16. The standard InChI is InChI=1S/C13H22N2OS/c1-4-6-16-12-8-11(9-15-10-12)13(14-2)5-7-17-3/h8-10,13-14H,4-7H2,1-3H3. The van der Waals surface area contributed by atoms with E-state index in [0.717, 1.165) is 31.0 Å². The van der Waals surface area contributed by atoms with Crippen LogP contribution in [0.2, 0.25) is 0 Å². The summed E-state index contributed by atoms with van der Waals surface area (Å²) in [6.07, 6.45) is 7.95. The fourth-order valence-corrected chi connectivity index (χ4v) is 2.11. The number of nitrogens with zero attached hydrogens (tertiary/aromatic N) is 1. The first-order chi connectivity index (χ1) is 8.31. The fraction of sp³-hybridized carbons (Fsp3) is 0.615. The number of ether oxygens (including phenoxy) is 1. The minimum Gasteiger partial charge on any atom is -0.492 e. The number of hydrogen-bond donors (Lipinski definition) is 1. The maximum Gasteiger partial charge on any atom is 0.137 e. The maximum absolute atomic E-state index is 5.60. The average Bonchev–Trinajstić information content (AvgIpc) is 2.38. The maximum atomic E-state index is 5.60. The van der Waals surface area contributed by atoms with Gasteiger partial charge in [-0.15, -0.1) is 0 Å². The highest BCUT2D eigenvalue weighted by Crippen LogP contribution is 2.21. The molecule has 1 aromatic rings. The molecule has 96 valence electrons. The van der Waals surface area contributed by atoms with Crippen LogP contribution in [-0.4, -0.2) is 30.6 Å². The molecule has 1 unspecified atom stereocenters. The van der Waals surface area contributed by atoms with Crippen LogP contribution >= 0.6 is 11.8 Å². The summed E-state index contributed by atoms with van der Waals surface area (Å²) < 4.78 is 5.60. The molecule has 0 saturated heterocycles. The lowest BCUT2D eigenvalue weighted by atomic mass is 10.1. The molecule has 1 heterocycles. The van der Waals surface area contributed by atoms with E-state index in [9.17, 15) is 0 Å². The van der Waals surface area contributed by atoms with Crippen molar-refractivity contribution in [2.75, 3.05) is 25.7 Å². The van der Waals surface area contributed by atoms with E-state index in [2.05, 4.69) is 29.5 Å². The summed E-state index contributed by atoms with van der Waals surface area (Å²) in [7, 11) is 1.99. The normalized spacial score (nSPS) is 12.4. The number of nitrogens with one attached hydrogen (secondary N) is 1. The molecule has 0 fully saturated rings. The van der Waals surface area contributed by atoms with E-state index in [1.807, 2.05) is 25.0 Å². The Labute approximate surface area is 108 Å². The topological polar surface area (TPSA) is 34.1 Å². The summed E-state index contributed by atoms with van der Waals surface area (Å²) in [6.45, 7) is 2.85. The monoisotopic (exact) mass is 254 g/mol. The number of thioether (sulfide) groups is 1. The zero-order valence-corrected chi connectivity index (χ0v) is 11.7. The van der Waals surface area contributed by atoms with Crippen molar-refractivity contribution in [1.82, 2.24) is 10.3 Å². The van der Waals surface area contributed by atoms with Crippen molar-refractivity contribution in [2.24, 2.45) is 0 Å². The fourth-order valence-electron chi connectivity index (χ4n) is 1.64. The van der Waals surface area contributed by atoms with Crippen molar-refractivity contribution in [2.45, 2.75) is 25.8 Å². The molecule has 1 N–H and O–H groups in total. The first-order valence-electron chi connectivity index (χ1n) is 6.05. The Kier molecular flexibility index (Phi) is 7.05. The van der Waals surface area contributed by atoms with Gasteiger partial charge in [-0.25, -0.2) is 0 Å². The molecule has 0 spiro atoms. The molecule has 0 radical (unpaired) electrons. The quantitative estimate of drug-likeness (QED) is 0.773. The van der Waals surface area contributed by atoms with E-state index in [1.165, 1.54) is 5.56 Å². The van der Waals surface area contributed by atoms with Crippen LogP contribution in [0.1, 0.15) is 31.4 Å². The lowest BCUT2D eigenvalue weighted by Crippen LogP contribution is -2.17. The number of hydrogen-bond acceptors (Lipinski definition) is 4. The van der Waals surface area contributed by atoms with Crippen molar-refractivity contribution in [3.63, 3.8) is 0 Å². The van der Waals surface area contributed by atoms with Crippen LogP contribution in [-0.2, 0) is 0 Å². The Balaban J connectivity index is 2.66. The Bertz CT molecular complexity index is 320. The van der Waals surface area contributed by atoms with E-state index < -0.39 is 0 Å². The third-order valence-electron chi connectivity index (χ3n) is 2.57. The zero-order chi connectivity index (χ0) is 12.5. The summed E-state index contributed by atoms with van der Waals surface area (Å²) >= 11 is 1.87. The van der Waals surface area contributed by atoms with Crippen molar-refractivity contribution in [3.8, 4) is 5.75 Å². The number of aromatic nitrogens is 1. The van der Waals surface area contributed by atoms with Gasteiger partial charge in [0.1, 0.15) is 5.75 Å². The molecule has 0 amide bonds. The minimum absolute atomic E-state index is 0.361. The largest absolute Gasteiger partial charge is 0.492 e. The predicted octanol–water partition coefficient (Wildman–Crippen LogP) is 2.88. The highest BCUT2D eigenvalue weighted by atomic mass is 32.2. The van der Waals surface area contributed by atoms with Crippen LogP contribution in [0, 0.1) is 0 Å². The van der Waals surface area contributed by atoms with E-state index in [0.29, 0.717) is 6.04 Å². The zero-order valence-electron chi connectivity index (χ0n) is 10.9. The van der Waals surface area contributed by atoms with Crippen molar-refractivity contribution >= 4 is 11.8 Å². The molecule has 1 aromatic heterocycles. The third kappa shape index (κ3) is 4.96. The Morgan fingerprint density at radius 3 is 2.94 bits per heavy atom. The van der Waals surface area contributed by atoms with E-state index >= 15 is 0 Å². The van der Waals surface area contributed by atoms with Crippen LogP contribution in [0.25, 0.3) is 0 Å². The van der Waals surface area contributed by atoms with Gasteiger partial charge >= 0.3 is 0 Å². The molecular formula is C13H22N2OS. The Morgan fingerprint density at radius 2 is 2.29 bits per heavy atom. The number of rotatable bonds is 8. The average molecular weight is 254 g/mol. The van der Waals surface area contributed by atoms with E-state index in [-0.39, 0.29) is 0 Å². The van der Waals surface area contributed by atoms with Gasteiger partial charge in [0.2, 0.25) is 0 Å². The van der Waals surface area contributed by atoms with Crippen LogP contribution in [0.4, 0.5) is 0 Å².